The lowest BCUT2D eigenvalue weighted by atomic mass is 10.0. The summed E-state index contributed by atoms with van der Waals surface area (Å²) in [6.07, 6.45) is 4.45. The Kier molecular flexibility index (Phi) is 6.17. The molecule has 0 saturated carbocycles. The van der Waals surface area contributed by atoms with Crippen molar-refractivity contribution in [2.75, 3.05) is 0 Å². The maximum atomic E-state index is 12.6. The molecule has 0 bridgehead atoms. The van der Waals surface area contributed by atoms with Gasteiger partial charge in [0.05, 0.1) is 23.6 Å². The molecule has 7 heteroatoms. The Bertz CT molecular complexity index is 1220. The average Bonchev–Trinajstić information content (AvgIpc) is 2.70. The van der Waals surface area contributed by atoms with Gasteiger partial charge >= 0.3 is 0 Å². The standard InChI is InChI=1S/C23H23N3O4/c1-4-5-19-20(7-6-18(15(3)27)21(19)28)30-13-17-10-14(2)12-26-22(17)25-11-16(8-9-24)23(26)29/h6-7,10-12,28H,4-5,8,13H2,1-3H3. The molecule has 2 heterocycles. The fourth-order valence-corrected chi connectivity index (χ4v) is 3.44. The van der Waals surface area contributed by atoms with E-state index >= 15 is 0 Å². The Morgan fingerprint density at radius 2 is 2.10 bits per heavy atom. The number of fused-ring (bicyclic) bond motifs is 1. The number of nitriles is 1. The van der Waals surface area contributed by atoms with Crippen LogP contribution in [0.15, 0.2) is 35.4 Å². The second-order valence-corrected chi connectivity index (χ2v) is 7.19. The molecule has 154 valence electrons. The van der Waals surface area contributed by atoms with Crippen LogP contribution in [0.1, 0.15) is 52.9 Å². The van der Waals surface area contributed by atoms with Crippen molar-refractivity contribution in [1.29, 1.82) is 5.26 Å². The highest BCUT2D eigenvalue weighted by Gasteiger charge is 2.17. The largest absolute Gasteiger partial charge is 0.507 e. The van der Waals surface area contributed by atoms with Crippen LogP contribution in [0.4, 0.5) is 0 Å². The Balaban J connectivity index is 2.01. The lowest BCUT2D eigenvalue weighted by Gasteiger charge is -2.16. The predicted molar refractivity (Wildman–Crippen MR) is 112 cm³/mol. The van der Waals surface area contributed by atoms with E-state index < -0.39 is 0 Å². The first-order valence-corrected chi connectivity index (χ1v) is 9.72. The maximum Gasteiger partial charge on any atom is 0.262 e. The molecule has 3 aromatic rings. The molecule has 0 aliphatic rings. The molecule has 3 rings (SSSR count). The number of phenolic OH excluding ortho intramolecular Hbond substituents is 1. The van der Waals surface area contributed by atoms with E-state index in [-0.39, 0.29) is 35.7 Å². The van der Waals surface area contributed by atoms with E-state index in [2.05, 4.69) is 4.98 Å². The Morgan fingerprint density at radius 3 is 2.77 bits per heavy atom. The Hall–Kier alpha value is -3.66. The van der Waals surface area contributed by atoms with Gasteiger partial charge in [-0.1, -0.05) is 13.3 Å². The average molecular weight is 405 g/mol. The first-order chi connectivity index (χ1) is 14.4. The molecule has 0 amide bonds. The Morgan fingerprint density at radius 1 is 1.33 bits per heavy atom. The van der Waals surface area contributed by atoms with Crippen molar-refractivity contribution in [1.82, 2.24) is 9.38 Å². The fourth-order valence-electron chi connectivity index (χ4n) is 3.44. The van der Waals surface area contributed by atoms with Crippen molar-refractivity contribution in [2.45, 2.75) is 46.6 Å². The van der Waals surface area contributed by atoms with Gasteiger partial charge in [0.2, 0.25) is 0 Å². The molecule has 0 atom stereocenters. The molecule has 0 radical (unpaired) electrons. The number of phenols is 1. The monoisotopic (exact) mass is 405 g/mol. The minimum Gasteiger partial charge on any atom is -0.507 e. The lowest BCUT2D eigenvalue weighted by Crippen LogP contribution is -2.20. The van der Waals surface area contributed by atoms with E-state index in [1.807, 2.05) is 26.0 Å². The van der Waals surface area contributed by atoms with Crippen molar-refractivity contribution in [2.24, 2.45) is 0 Å². The summed E-state index contributed by atoms with van der Waals surface area (Å²) in [5.41, 5.74) is 2.92. The molecule has 0 unspecified atom stereocenters. The molecule has 30 heavy (non-hydrogen) atoms. The van der Waals surface area contributed by atoms with Gasteiger partial charge in [-0.05, 0) is 44.0 Å². The molecule has 0 aliphatic heterocycles. The number of ketones is 1. The number of carbonyl (C=O) groups is 1. The molecule has 0 saturated heterocycles. The number of hydrogen-bond acceptors (Lipinski definition) is 6. The Labute approximate surface area is 174 Å². The van der Waals surface area contributed by atoms with Crippen molar-refractivity contribution < 1.29 is 14.6 Å². The van der Waals surface area contributed by atoms with E-state index in [0.29, 0.717) is 34.5 Å². The van der Waals surface area contributed by atoms with Gasteiger partial charge in [-0.3, -0.25) is 14.0 Å². The number of pyridine rings is 1. The van der Waals surface area contributed by atoms with Crippen LogP contribution in [-0.2, 0) is 19.4 Å². The second-order valence-electron chi connectivity index (χ2n) is 7.19. The van der Waals surface area contributed by atoms with Crippen LogP contribution in [0.5, 0.6) is 11.5 Å². The predicted octanol–water partition coefficient (Wildman–Crippen LogP) is 3.51. The van der Waals surface area contributed by atoms with Crippen LogP contribution in [0, 0.1) is 18.3 Å². The molecule has 1 N–H and O–H groups in total. The number of benzene rings is 1. The summed E-state index contributed by atoms with van der Waals surface area (Å²) in [4.78, 5) is 28.8. The van der Waals surface area contributed by atoms with Crippen LogP contribution in [-0.4, -0.2) is 20.3 Å². The van der Waals surface area contributed by atoms with Gasteiger partial charge < -0.3 is 9.84 Å². The number of ether oxygens (including phenoxy) is 1. The van der Waals surface area contributed by atoms with Gasteiger partial charge in [0, 0.05) is 23.5 Å². The third kappa shape index (κ3) is 4.03. The molecule has 0 spiro atoms. The zero-order chi connectivity index (χ0) is 21.8. The molecule has 0 fully saturated rings. The van der Waals surface area contributed by atoms with Crippen molar-refractivity contribution in [3.05, 3.63) is 68.8 Å². The number of aromatic nitrogens is 2. The van der Waals surface area contributed by atoms with Gasteiger partial charge in [0.1, 0.15) is 23.8 Å². The number of Topliss-reactive ketones (excluding diaryl/α,β-unsaturated/α-hetero) is 1. The molecule has 7 nitrogen and oxygen atoms in total. The quantitative estimate of drug-likeness (QED) is 0.603. The van der Waals surface area contributed by atoms with Gasteiger partial charge in [-0.15, -0.1) is 0 Å². The van der Waals surface area contributed by atoms with E-state index in [0.717, 1.165) is 12.0 Å². The van der Waals surface area contributed by atoms with Crippen LogP contribution in [0.2, 0.25) is 0 Å². The van der Waals surface area contributed by atoms with Crippen LogP contribution in [0.25, 0.3) is 5.65 Å². The SMILES string of the molecule is CCCc1c(OCc2cc(C)cn3c(=O)c(CC#N)cnc23)ccc(C(C)=O)c1O. The molecular formula is C23H23N3O4. The van der Waals surface area contributed by atoms with Crippen molar-refractivity contribution in [3.8, 4) is 17.6 Å². The third-order valence-electron chi connectivity index (χ3n) is 4.86. The van der Waals surface area contributed by atoms with Crippen LogP contribution in [0.3, 0.4) is 0 Å². The summed E-state index contributed by atoms with van der Waals surface area (Å²) in [6, 6.07) is 7.10. The molecule has 0 aliphatic carbocycles. The highest BCUT2D eigenvalue weighted by molar-refractivity contribution is 5.97. The number of nitrogens with zero attached hydrogens (tertiary/aromatic N) is 3. The number of hydrogen-bond donors (Lipinski definition) is 1. The van der Waals surface area contributed by atoms with Gasteiger partial charge in [-0.25, -0.2) is 4.98 Å². The topological polar surface area (TPSA) is 105 Å². The van der Waals surface area contributed by atoms with E-state index in [4.69, 9.17) is 10.00 Å². The lowest BCUT2D eigenvalue weighted by molar-refractivity contribution is 0.101. The maximum absolute atomic E-state index is 12.6. The van der Waals surface area contributed by atoms with Crippen LogP contribution < -0.4 is 10.3 Å². The van der Waals surface area contributed by atoms with Gasteiger partial charge in [0.15, 0.2) is 5.78 Å². The number of rotatable bonds is 7. The van der Waals surface area contributed by atoms with Crippen molar-refractivity contribution >= 4 is 11.4 Å². The summed E-state index contributed by atoms with van der Waals surface area (Å²) in [5, 5.41) is 19.4. The van der Waals surface area contributed by atoms with Crippen LogP contribution >= 0.6 is 0 Å². The van der Waals surface area contributed by atoms with E-state index in [9.17, 15) is 14.7 Å². The zero-order valence-electron chi connectivity index (χ0n) is 17.2. The first kappa shape index (κ1) is 21.1. The minimum absolute atomic E-state index is 0.00327. The van der Waals surface area contributed by atoms with E-state index in [1.54, 1.807) is 18.3 Å². The number of carbonyl (C=O) groups excluding carboxylic acids is 1. The normalized spacial score (nSPS) is 10.7. The fraction of sp³-hybridized carbons (Fsp3) is 0.304. The summed E-state index contributed by atoms with van der Waals surface area (Å²) in [6.45, 7) is 5.38. The molecular weight excluding hydrogens is 382 g/mol. The zero-order valence-corrected chi connectivity index (χ0v) is 17.2. The first-order valence-electron chi connectivity index (χ1n) is 9.72. The smallest absolute Gasteiger partial charge is 0.262 e. The minimum atomic E-state index is -0.276. The summed E-state index contributed by atoms with van der Waals surface area (Å²) >= 11 is 0. The number of aromatic hydroxyl groups is 1. The summed E-state index contributed by atoms with van der Waals surface area (Å²) < 4.78 is 7.43. The summed E-state index contributed by atoms with van der Waals surface area (Å²) in [5.74, 6) is 0.228. The molecule has 1 aromatic carbocycles. The molecule has 2 aromatic heterocycles. The van der Waals surface area contributed by atoms with E-state index in [1.165, 1.54) is 17.5 Å². The third-order valence-corrected chi connectivity index (χ3v) is 4.86. The van der Waals surface area contributed by atoms with Gasteiger partial charge in [0.25, 0.3) is 5.56 Å². The highest BCUT2D eigenvalue weighted by Crippen LogP contribution is 2.33. The van der Waals surface area contributed by atoms with Gasteiger partial charge in [-0.2, -0.15) is 5.26 Å². The van der Waals surface area contributed by atoms with Crippen molar-refractivity contribution in [3.63, 3.8) is 0 Å². The summed E-state index contributed by atoms with van der Waals surface area (Å²) in [7, 11) is 0. The number of aryl methyl sites for hydroxylation is 1. The second kappa shape index (κ2) is 8.78. The highest BCUT2D eigenvalue weighted by atomic mass is 16.5.